The van der Waals surface area contributed by atoms with Gasteiger partial charge in [0.15, 0.2) is 5.75 Å². The Morgan fingerprint density at radius 3 is 1.49 bits per heavy atom. The molecule has 4 aromatic carbocycles. The first-order chi connectivity index (χ1) is 22.8. The number of aromatic hydroxyl groups is 1. The molecule has 2 N–H and O–H groups in total. The normalized spacial score (nSPS) is 11.2. The summed E-state index contributed by atoms with van der Waals surface area (Å²) in [4.78, 5) is -0.922. The van der Waals surface area contributed by atoms with Gasteiger partial charge in [-0.05, 0) is 85.3 Å². The molecule has 0 bridgehead atoms. The second kappa shape index (κ2) is 20.7. The minimum atomic E-state index is -4.71. The maximum atomic E-state index is 11.4. The van der Waals surface area contributed by atoms with Crippen molar-refractivity contribution in [3.05, 3.63) is 96.1 Å². The standard InChI is InChI=1S/2C18H22O5S.Ca/c2*1-2-3-4-5-6-14-7-10-16(11-8-14)23-17-13-15(19)9-12-18(17)24(20,21)22;/h2*7-13,19H,2-6H2,1H3,(H,20,21,22);/q;;+2/p-2. The first kappa shape index (κ1) is 42.3. The molecule has 0 unspecified atom stereocenters. The summed E-state index contributed by atoms with van der Waals surface area (Å²) in [6.45, 7) is 4.34. The third-order valence-corrected chi connectivity index (χ3v) is 9.10. The summed E-state index contributed by atoms with van der Waals surface area (Å²) in [6.07, 6.45) is 11.4. The molecular weight excluding hydrogens is 697 g/mol. The molecule has 0 aliphatic rings. The molecule has 0 radical (unpaired) electrons. The van der Waals surface area contributed by atoms with Gasteiger partial charge < -0.3 is 24.2 Å². The van der Waals surface area contributed by atoms with Gasteiger partial charge in [0.1, 0.15) is 38.0 Å². The predicted octanol–water partition coefficient (Wildman–Crippen LogP) is 7.75. The van der Waals surface area contributed by atoms with Crippen LogP contribution in [-0.4, -0.2) is 68.8 Å². The Morgan fingerprint density at radius 1 is 0.612 bits per heavy atom. The van der Waals surface area contributed by atoms with Crippen LogP contribution in [0.25, 0.3) is 0 Å². The van der Waals surface area contributed by atoms with Crippen molar-refractivity contribution < 1.29 is 45.6 Å². The van der Waals surface area contributed by atoms with Crippen molar-refractivity contribution in [1.29, 1.82) is 0 Å². The van der Waals surface area contributed by atoms with Gasteiger partial charge in [0.25, 0.3) is 10.1 Å². The van der Waals surface area contributed by atoms with Gasteiger partial charge in [-0.3, -0.25) is 4.55 Å². The summed E-state index contributed by atoms with van der Waals surface area (Å²) < 4.78 is 76.7. The summed E-state index contributed by atoms with van der Waals surface area (Å²) in [6, 6.07) is 21.0. The van der Waals surface area contributed by atoms with Gasteiger partial charge in [-0.1, -0.05) is 82.7 Å². The Hall–Kier alpha value is -2.84. The van der Waals surface area contributed by atoms with Crippen LogP contribution >= 0.6 is 0 Å². The van der Waals surface area contributed by atoms with Crippen molar-refractivity contribution in [3.63, 3.8) is 0 Å². The van der Waals surface area contributed by atoms with Crippen molar-refractivity contribution in [1.82, 2.24) is 0 Å². The van der Waals surface area contributed by atoms with Crippen molar-refractivity contribution in [2.75, 3.05) is 0 Å². The predicted molar refractivity (Wildman–Crippen MR) is 186 cm³/mol. The van der Waals surface area contributed by atoms with E-state index in [2.05, 4.69) is 13.8 Å². The maximum Gasteiger partial charge on any atom is 2.00 e. The molecule has 0 fully saturated rings. The van der Waals surface area contributed by atoms with Crippen molar-refractivity contribution in [2.24, 2.45) is 0 Å². The zero-order valence-corrected chi connectivity index (χ0v) is 31.7. The second-order valence-electron chi connectivity index (χ2n) is 11.3. The Kier molecular flexibility index (Phi) is 17.9. The number of hydrogen-bond donors (Lipinski definition) is 2. The van der Waals surface area contributed by atoms with E-state index in [1.165, 1.54) is 50.2 Å². The fraction of sp³-hybridized carbons (Fsp3) is 0.333. The molecule has 10 nitrogen and oxygen atoms in total. The molecule has 0 spiro atoms. The van der Waals surface area contributed by atoms with Gasteiger partial charge >= 0.3 is 37.7 Å². The van der Waals surface area contributed by atoms with E-state index >= 15 is 0 Å². The molecule has 0 heterocycles. The molecule has 49 heavy (non-hydrogen) atoms. The molecule has 0 aromatic heterocycles. The number of hydrogen-bond acceptors (Lipinski definition) is 9. The van der Waals surface area contributed by atoms with E-state index in [0.29, 0.717) is 11.5 Å². The first-order valence-electron chi connectivity index (χ1n) is 15.9. The number of rotatable bonds is 16. The van der Waals surface area contributed by atoms with E-state index in [-0.39, 0.29) is 59.9 Å². The number of phenolic OH excluding ortho intramolecular Hbond substituents is 1. The van der Waals surface area contributed by atoms with Crippen molar-refractivity contribution >= 4 is 58.0 Å². The largest absolute Gasteiger partial charge is 2.00 e. The van der Waals surface area contributed by atoms with Crippen molar-refractivity contribution in [3.8, 4) is 34.5 Å². The third kappa shape index (κ3) is 14.9. The average Bonchev–Trinajstić information content (AvgIpc) is 3.02. The van der Waals surface area contributed by atoms with E-state index < -0.39 is 30.9 Å². The van der Waals surface area contributed by atoms with Crippen LogP contribution in [0.3, 0.4) is 0 Å². The quantitative estimate of drug-likeness (QED) is 0.0657. The van der Waals surface area contributed by atoms with Gasteiger partial charge in [-0.15, -0.1) is 5.75 Å². The molecule has 0 saturated heterocycles. The SMILES string of the molecule is CCCCCCc1ccc(Oc2cc(O)ccc2S(=O)(=O)O)cc1.CCCCCCc1ccc(Oc2cc([O-])ccc2S(=O)(=O)[O-])cc1.[Ca+2]. The molecular formula is C36H42CaO10S2. The maximum absolute atomic E-state index is 11.4. The van der Waals surface area contributed by atoms with Gasteiger partial charge in [0.2, 0.25) is 0 Å². The summed E-state index contributed by atoms with van der Waals surface area (Å²) in [5.74, 6) is -0.123. The van der Waals surface area contributed by atoms with Gasteiger partial charge in [-0.2, -0.15) is 8.42 Å². The fourth-order valence-electron chi connectivity index (χ4n) is 4.78. The second-order valence-corrected chi connectivity index (χ2v) is 14.0. The molecule has 0 aliphatic carbocycles. The Balaban J connectivity index is 0.000000333. The molecule has 4 aromatic rings. The topological polar surface area (TPSA) is 173 Å². The monoisotopic (exact) mass is 738 g/mol. The number of aryl methyl sites for hydroxylation is 2. The number of phenols is 1. The molecule has 0 aliphatic heterocycles. The minimum absolute atomic E-state index is 0. The van der Waals surface area contributed by atoms with Crippen LogP contribution in [0.2, 0.25) is 0 Å². The molecule has 4 rings (SSSR count). The van der Waals surface area contributed by atoms with Crippen LogP contribution in [-0.2, 0) is 33.1 Å². The molecule has 260 valence electrons. The molecule has 0 atom stereocenters. The van der Waals surface area contributed by atoms with E-state index in [1.54, 1.807) is 24.3 Å². The summed E-state index contributed by atoms with van der Waals surface area (Å²) >= 11 is 0. The Labute approximate surface area is 319 Å². The van der Waals surface area contributed by atoms with E-state index in [4.69, 9.17) is 9.47 Å². The van der Waals surface area contributed by atoms with Crippen LogP contribution < -0.4 is 14.6 Å². The molecule has 0 amide bonds. The first-order valence-corrected chi connectivity index (χ1v) is 18.8. The van der Waals surface area contributed by atoms with E-state index in [1.807, 2.05) is 24.3 Å². The fourth-order valence-corrected chi connectivity index (χ4v) is 5.95. The molecule has 13 heteroatoms. The van der Waals surface area contributed by atoms with Crippen LogP contribution in [0.4, 0.5) is 0 Å². The number of ether oxygens (including phenoxy) is 2. The van der Waals surface area contributed by atoms with Crippen LogP contribution in [0.1, 0.15) is 76.3 Å². The van der Waals surface area contributed by atoms with Crippen LogP contribution in [0, 0.1) is 0 Å². The van der Waals surface area contributed by atoms with Gasteiger partial charge in [0.05, 0.1) is 4.90 Å². The zero-order chi connectivity index (χ0) is 35.2. The summed E-state index contributed by atoms with van der Waals surface area (Å²) in [5.41, 5.74) is 2.34. The Bertz CT molecular complexity index is 1680. The van der Waals surface area contributed by atoms with E-state index in [9.17, 15) is 36.2 Å². The van der Waals surface area contributed by atoms with Crippen molar-refractivity contribution in [2.45, 2.75) is 87.8 Å². The summed E-state index contributed by atoms with van der Waals surface area (Å²) in [7, 11) is -9.14. The van der Waals surface area contributed by atoms with Crippen LogP contribution in [0.15, 0.2) is 94.7 Å². The van der Waals surface area contributed by atoms with Gasteiger partial charge in [-0.25, -0.2) is 8.42 Å². The number of benzene rings is 4. The van der Waals surface area contributed by atoms with E-state index in [0.717, 1.165) is 61.6 Å². The zero-order valence-electron chi connectivity index (χ0n) is 27.8. The van der Waals surface area contributed by atoms with Gasteiger partial charge in [0, 0.05) is 6.07 Å². The van der Waals surface area contributed by atoms with Crippen LogP contribution in [0.5, 0.6) is 34.5 Å². The minimum Gasteiger partial charge on any atom is -0.872 e. The Morgan fingerprint density at radius 2 is 1.06 bits per heavy atom. The number of unbranched alkanes of at least 4 members (excludes halogenated alkanes) is 6. The third-order valence-electron chi connectivity index (χ3n) is 7.33. The summed E-state index contributed by atoms with van der Waals surface area (Å²) in [5, 5.41) is 20.9. The average molecular weight is 739 g/mol. The smallest absolute Gasteiger partial charge is 0.872 e. The molecule has 0 saturated carbocycles.